The van der Waals surface area contributed by atoms with Crippen molar-refractivity contribution in [1.29, 1.82) is 0 Å². The van der Waals surface area contributed by atoms with Crippen molar-refractivity contribution in [1.82, 2.24) is 0 Å². The average Bonchev–Trinajstić information content (AvgIpc) is 3.17. The van der Waals surface area contributed by atoms with Crippen LogP contribution in [0.3, 0.4) is 0 Å². The van der Waals surface area contributed by atoms with Gasteiger partial charge in [0.1, 0.15) is 17.3 Å². The zero-order chi connectivity index (χ0) is 25.2. The van der Waals surface area contributed by atoms with E-state index >= 15 is 0 Å². The number of halogens is 7. The Morgan fingerprint density at radius 2 is 1.34 bits per heavy atom. The lowest BCUT2D eigenvalue weighted by Crippen LogP contribution is -2.25. The molecule has 1 N–H and O–H groups in total. The first kappa shape index (κ1) is 24.2. The summed E-state index contributed by atoms with van der Waals surface area (Å²) in [4.78, 5) is 1.83. The molecule has 0 bridgehead atoms. The molecule has 1 atom stereocenters. The second-order valence-electron chi connectivity index (χ2n) is 7.56. The molecule has 0 aliphatic carbocycles. The monoisotopic (exact) mass is 498 g/mol. The summed E-state index contributed by atoms with van der Waals surface area (Å²) in [7, 11) is 0. The van der Waals surface area contributed by atoms with Gasteiger partial charge in [0, 0.05) is 17.1 Å². The van der Waals surface area contributed by atoms with Crippen LogP contribution in [0.5, 0.6) is 11.5 Å². The van der Waals surface area contributed by atoms with Crippen molar-refractivity contribution in [2.45, 2.75) is 18.8 Å². The van der Waals surface area contributed by atoms with Gasteiger partial charge in [-0.2, -0.15) is 0 Å². The van der Waals surface area contributed by atoms with Crippen LogP contribution in [-0.4, -0.2) is 19.3 Å². The fourth-order valence-corrected chi connectivity index (χ4v) is 3.68. The van der Waals surface area contributed by atoms with Crippen molar-refractivity contribution >= 4 is 11.4 Å². The van der Waals surface area contributed by atoms with E-state index in [2.05, 4.69) is 14.8 Å². The van der Waals surface area contributed by atoms with Crippen LogP contribution in [0.15, 0.2) is 84.6 Å². The summed E-state index contributed by atoms with van der Waals surface area (Å²) < 4.78 is 96.2. The lowest BCUT2D eigenvalue weighted by Gasteiger charge is -2.27. The average molecular weight is 498 g/mol. The Kier molecular flexibility index (Phi) is 6.51. The van der Waals surface area contributed by atoms with Gasteiger partial charge in [-0.15, -0.1) is 26.3 Å². The van der Waals surface area contributed by atoms with Crippen molar-refractivity contribution in [3.63, 3.8) is 0 Å². The van der Waals surface area contributed by atoms with Crippen molar-refractivity contribution in [3.05, 3.63) is 96.0 Å². The van der Waals surface area contributed by atoms with Crippen LogP contribution in [0.1, 0.15) is 11.6 Å². The van der Waals surface area contributed by atoms with Crippen LogP contribution in [0.4, 0.5) is 42.1 Å². The highest BCUT2D eigenvalue weighted by atomic mass is 19.4. The van der Waals surface area contributed by atoms with E-state index in [-0.39, 0.29) is 18.0 Å². The minimum atomic E-state index is -4.82. The predicted octanol–water partition coefficient (Wildman–Crippen LogP) is 7.18. The number of benzene rings is 3. The van der Waals surface area contributed by atoms with E-state index in [4.69, 9.17) is 0 Å². The maximum absolute atomic E-state index is 13.9. The van der Waals surface area contributed by atoms with E-state index in [1.165, 1.54) is 48.5 Å². The second-order valence-corrected chi connectivity index (χ2v) is 7.56. The van der Waals surface area contributed by atoms with Crippen LogP contribution in [0, 0.1) is 5.82 Å². The molecule has 4 rings (SSSR count). The lowest BCUT2D eigenvalue weighted by atomic mass is 10.1. The van der Waals surface area contributed by atoms with Crippen LogP contribution in [-0.2, 0) is 0 Å². The smallest absolute Gasteiger partial charge is 0.406 e. The molecule has 35 heavy (non-hydrogen) atoms. The number of hydrogen-bond donors (Lipinski definition) is 1. The molecule has 0 saturated carbocycles. The molecule has 3 aromatic rings. The molecule has 0 fully saturated rings. The normalized spacial score (nSPS) is 16.1. The lowest BCUT2D eigenvalue weighted by molar-refractivity contribution is -0.275. The van der Waals surface area contributed by atoms with Crippen LogP contribution < -0.4 is 19.7 Å². The Bertz CT molecular complexity index is 1190. The number of anilines is 2. The molecule has 0 spiro atoms. The Morgan fingerprint density at radius 1 is 0.771 bits per heavy atom. The number of ether oxygens (including phenoxy) is 2. The zero-order valence-corrected chi connectivity index (χ0v) is 17.7. The molecule has 3 aromatic carbocycles. The molecule has 1 aliphatic rings. The van der Waals surface area contributed by atoms with Crippen LogP contribution in [0.2, 0.25) is 0 Å². The molecule has 184 valence electrons. The van der Waals surface area contributed by atoms with E-state index in [1.54, 1.807) is 18.2 Å². The fraction of sp³-hybridized carbons (Fsp3) is 0.167. The van der Waals surface area contributed by atoms with Crippen molar-refractivity contribution in [2.24, 2.45) is 0 Å². The van der Waals surface area contributed by atoms with Crippen molar-refractivity contribution < 1.29 is 40.2 Å². The first-order valence-electron chi connectivity index (χ1n) is 10.2. The number of rotatable bonds is 6. The van der Waals surface area contributed by atoms with Gasteiger partial charge < -0.3 is 19.7 Å². The third-order valence-electron chi connectivity index (χ3n) is 5.02. The largest absolute Gasteiger partial charge is 0.573 e. The quantitative estimate of drug-likeness (QED) is 0.365. The molecule has 0 aromatic heterocycles. The third-order valence-corrected chi connectivity index (χ3v) is 5.02. The van der Waals surface area contributed by atoms with Gasteiger partial charge in [0.2, 0.25) is 0 Å². The molecule has 0 amide bonds. The van der Waals surface area contributed by atoms with Crippen molar-refractivity contribution in [2.75, 3.05) is 16.8 Å². The highest BCUT2D eigenvalue weighted by Crippen LogP contribution is 2.37. The topological polar surface area (TPSA) is 33.7 Å². The molecule has 0 saturated heterocycles. The maximum Gasteiger partial charge on any atom is 0.573 e. The zero-order valence-electron chi connectivity index (χ0n) is 17.7. The molecular weight excluding hydrogens is 481 g/mol. The molecule has 1 aliphatic heterocycles. The Labute approximate surface area is 195 Å². The van der Waals surface area contributed by atoms with Gasteiger partial charge >= 0.3 is 12.7 Å². The highest BCUT2D eigenvalue weighted by Gasteiger charge is 2.32. The minimum Gasteiger partial charge on any atom is -0.406 e. The summed E-state index contributed by atoms with van der Waals surface area (Å²) in [5.74, 6) is -1.20. The SMILES string of the molecule is Fc1cccc(C2C=C(Nc3ccc(OC(F)(F)F)cc3)CN2c2ccc(OC(F)(F)F)cc2)c1. The van der Waals surface area contributed by atoms with E-state index in [1.807, 2.05) is 4.90 Å². The minimum absolute atomic E-state index is 0.265. The summed E-state index contributed by atoms with van der Waals surface area (Å²) >= 11 is 0. The van der Waals surface area contributed by atoms with Gasteiger partial charge in [0.25, 0.3) is 0 Å². The summed E-state index contributed by atoms with van der Waals surface area (Å²) in [5, 5.41) is 3.10. The first-order valence-corrected chi connectivity index (χ1v) is 10.2. The van der Waals surface area contributed by atoms with E-state index in [0.29, 0.717) is 22.6 Å². The predicted molar refractivity (Wildman–Crippen MR) is 114 cm³/mol. The summed E-state index contributed by atoms with van der Waals surface area (Å²) in [5.41, 5.74) is 2.29. The number of nitrogens with one attached hydrogen (secondary N) is 1. The van der Waals surface area contributed by atoms with Gasteiger partial charge in [-0.25, -0.2) is 4.39 Å². The number of hydrogen-bond acceptors (Lipinski definition) is 4. The molecule has 0 radical (unpaired) electrons. The Hall–Kier alpha value is -3.89. The van der Waals surface area contributed by atoms with E-state index in [9.17, 15) is 30.7 Å². The molecular formula is C24H17F7N2O2. The first-order chi connectivity index (χ1) is 16.4. The van der Waals surface area contributed by atoms with Crippen LogP contribution >= 0.6 is 0 Å². The maximum atomic E-state index is 13.9. The standard InChI is InChI=1S/C24H17F7N2O2/c25-16-3-1-2-15(12-16)22-13-18(32-17-4-8-20(9-5-17)34-23(26,27)28)14-33(22)19-6-10-21(11-7-19)35-24(29,30)31/h1-13,22,32H,14H2. The van der Waals surface area contributed by atoms with Gasteiger partial charge in [-0.1, -0.05) is 12.1 Å². The van der Waals surface area contributed by atoms with Gasteiger partial charge in [0.15, 0.2) is 0 Å². The van der Waals surface area contributed by atoms with Gasteiger partial charge in [-0.3, -0.25) is 0 Å². The van der Waals surface area contributed by atoms with Crippen molar-refractivity contribution in [3.8, 4) is 11.5 Å². The third kappa shape index (κ3) is 6.58. The van der Waals surface area contributed by atoms with E-state index < -0.39 is 24.6 Å². The number of alkyl halides is 6. The summed E-state index contributed by atoms with van der Waals surface area (Å²) in [6.07, 6.45) is -7.82. The fourth-order valence-electron chi connectivity index (χ4n) is 3.68. The molecule has 4 nitrogen and oxygen atoms in total. The van der Waals surface area contributed by atoms with E-state index in [0.717, 1.165) is 12.1 Å². The molecule has 11 heteroatoms. The Balaban J connectivity index is 1.56. The van der Waals surface area contributed by atoms with Gasteiger partial charge in [0.05, 0.1) is 12.6 Å². The molecule has 1 unspecified atom stereocenters. The summed E-state index contributed by atoms with van der Waals surface area (Å²) in [6.45, 7) is 0.265. The highest BCUT2D eigenvalue weighted by molar-refractivity contribution is 5.60. The summed E-state index contributed by atoms with van der Waals surface area (Å²) in [6, 6.07) is 15.8. The Morgan fingerprint density at radius 3 is 1.89 bits per heavy atom. The molecule has 1 heterocycles. The van der Waals surface area contributed by atoms with Gasteiger partial charge in [-0.05, 0) is 72.3 Å². The number of nitrogens with zero attached hydrogens (tertiary/aromatic N) is 1. The second kappa shape index (κ2) is 9.40. The van der Waals surface area contributed by atoms with Crippen LogP contribution in [0.25, 0.3) is 0 Å².